The van der Waals surface area contributed by atoms with Gasteiger partial charge in [0.05, 0.1) is 0 Å². The topological polar surface area (TPSA) is 29.5 Å². The molecule has 2 nitrogen and oxygen atoms in total. The Morgan fingerprint density at radius 2 is 0.906 bits per heavy atom. The van der Waals surface area contributed by atoms with Crippen molar-refractivity contribution in [2.45, 2.75) is 0 Å². The zero-order valence-corrected chi connectivity index (χ0v) is 17.5. The maximum absolute atomic E-state index is 11.3. The van der Waals surface area contributed by atoms with Crippen molar-refractivity contribution in [2.24, 2.45) is 0 Å². The highest BCUT2D eigenvalue weighted by atomic mass is 16.5. The van der Waals surface area contributed by atoms with Crippen LogP contribution < -0.4 is 4.74 Å². The SMILES string of the molecule is Oc1cc(-c2ccccc2)c(Oc2ccccc2)c(-c2ccccc2)c1-c1ccccc1. The number of hydrogen-bond acceptors (Lipinski definition) is 2. The molecule has 32 heavy (non-hydrogen) atoms. The molecule has 5 aromatic rings. The van der Waals surface area contributed by atoms with Gasteiger partial charge in [0, 0.05) is 16.7 Å². The summed E-state index contributed by atoms with van der Waals surface area (Å²) < 4.78 is 6.56. The largest absolute Gasteiger partial charge is 0.507 e. The summed E-state index contributed by atoms with van der Waals surface area (Å²) in [4.78, 5) is 0. The lowest BCUT2D eigenvalue weighted by Gasteiger charge is -2.21. The van der Waals surface area contributed by atoms with Gasteiger partial charge in [0.15, 0.2) is 0 Å². The van der Waals surface area contributed by atoms with Gasteiger partial charge in [-0.2, -0.15) is 0 Å². The van der Waals surface area contributed by atoms with E-state index in [0.29, 0.717) is 5.75 Å². The van der Waals surface area contributed by atoms with E-state index in [0.717, 1.165) is 39.1 Å². The molecule has 2 heteroatoms. The Hall–Kier alpha value is -4.30. The first-order chi connectivity index (χ1) is 15.8. The van der Waals surface area contributed by atoms with Crippen molar-refractivity contribution in [1.82, 2.24) is 0 Å². The average Bonchev–Trinajstić information content (AvgIpc) is 2.87. The van der Waals surface area contributed by atoms with Crippen molar-refractivity contribution in [1.29, 1.82) is 0 Å². The molecule has 0 fully saturated rings. The second kappa shape index (κ2) is 8.83. The summed E-state index contributed by atoms with van der Waals surface area (Å²) in [7, 11) is 0. The summed E-state index contributed by atoms with van der Waals surface area (Å²) in [6.07, 6.45) is 0. The van der Waals surface area contributed by atoms with Gasteiger partial charge < -0.3 is 9.84 Å². The van der Waals surface area contributed by atoms with E-state index in [2.05, 4.69) is 0 Å². The van der Waals surface area contributed by atoms with E-state index in [-0.39, 0.29) is 5.75 Å². The van der Waals surface area contributed by atoms with Crippen LogP contribution in [0.25, 0.3) is 33.4 Å². The van der Waals surface area contributed by atoms with Crippen LogP contribution in [-0.2, 0) is 0 Å². The van der Waals surface area contributed by atoms with Crippen LogP contribution in [0.2, 0.25) is 0 Å². The van der Waals surface area contributed by atoms with Gasteiger partial charge in [-0.15, -0.1) is 0 Å². The molecule has 0 aliphatic rings. The fraction of sp³-hybridized carbons (Fsp3) is 0. The van der Waals surface area contributed by atoms with Gasteiger partial charge in [-0.05, 0) is 34.9 Å². The third kappa shape index (κ3) is 3.86. The zero-order chi connectivity index (χ0) is 21.8. The van der Waals surface area contributed by atoms with E-state index < -0.39 is 0 Å². The van der Waals surface area contributed by atoms with Gasteiger partial charge in [0.25, 0.3) is 0 Å². The van der Waals surface area contributed by atoms with Crippen LogP contribution in [-0.4, -0.2) is 5.11 Å². The van der Waals surface area contributed by atoms with Crippen LogP contribution in [0.3, 0.4) is 0 Å². The molecule has 0 saturated heterocycles. The lowest BCUT2D eigenvalue weighted by molar-refractivity contribution is 0.469. The molecule has 5 aromatic carbocycles. The number of para-hydroxylation sites is 1. The highest BCUT2D eigenvalue weighted by Gasteiger charge is 2.23. The number of benzene rings is 5. The molecule has 0 atom stereocenters. The fourth-order valence-corrected chi connectivity index (χ4v) is 3.97. The van der Waals surface area contributed by atoms with E-state index in [4.69, 9.17) is 4.74 Å². The Morgan fingerprint density at radius 3 is 1.44 bits per heavy atom. The normalized spacial score (nSPS) is 10.6. The van der Waals surface area contributed by atoms with Crippen molar-refractivity contribution in [3.8, 4) is 50.6 Å². The molecule has 0 saturated carbocycles. The monoisotopic (exact) mass is 414 g/mol. The fourth-order valence-electron chi connectivity index (χ4n) is 3.97. The number of phenolic OH excluding ortho intramolecular Hbond substituents is 1. The molecule has 1 N–H and O–H groups in total. The quantitative estimate of drug-likeness (QED) is 0.314. The first-order valence-corrected chi connectivity index (χ1v) is 10.6. The zero-order valence-electron chi connectivity index (χ0n) is 17.5. The Morgan fingerprint density at radius 1 is 0.469 bits per heavy atom. The predicted molar refractivity (Wildman–Crippen MR) is 131 cm³/mol. The van der Waals surface area contributed by atoms with Crippen molar-refractivity contribution in [3.05, 3.63) is 127 Å². The molecule has 0 spiro atoms. The maximum atomic E-state index is 11.3. The molecular formula is C30H22O2. The highest BCUT2D eigenvalue weighted by Crippen LogP contribution is 2.50. The predicted octanol–water partition coefficient (Wildman–Crippen LogP) is 8.19. The first-order valence-electron chi connectivity index (χ1n) is 10.6. The molecule has 0 heterocycles. The summed E-state index contributed by atoms with van der Waals surface area (Å²) in [6, 6.07) is 41.7. The number of rotatable bonds is 5. The van der Waals surface area contributed by atoms with Crippen LogP contribution in [0.4, 0.5) is 0 Å². The molecule has 0 aliphatic heterocycles. The average molecular weight is 415 g/mol. The first kappa shape index (κ1) is 19.7. The van der Waals surface area contributed by atoms with Crippen molar-refractivity contribution >= 4 is 0 Å². The number of aromatic hydroxyl groups is 1. The summed E-state index contributed by atoms with van der Waals surface area (Å²) in [5.74, 6) is 1.67. The molecule has 0 bridgehead atoms. The molecule has 154 valence electrons. The van der Waals surface area contributed by atoms with Crippen molar-refractivity contribution in [2.75, 3.05) is 0 Å². The van der Waals surface area contributed by atoms with E-state index in [1.54, 1.807) is 0 Å². The second-order valence-corrected chi connectivity index (χ2v) is 7.54. The van der Waals surface area contributed by atoms with Crippen LogP contribution in [0.15, 0.2) is 127 Å². The molecule has 0 unspecified atom stereocenters. The molecular weight excluding hydrogens is 392 g/mol. The third-order valence-corrected chi connectivity index (χ3v) is 5.43. The van der Waals surface area contributed by atoms with Crippen LogP contribution in [0.1, 0.15) is 0 Å². The molecule has 0 radical (unpaired) electrons. The minimum absolute atomic E-state index is 0.217. The summed E-state index contributed by atoms with van der Waals surface area (Å²) in [5, 5.41) is 11.3. The lowest BCUT2D eigenvalue weighted by atomic mass is 9.88. The highest BCUT2D eigenvalue weighted by molar-refractivity contribution is 5.96. The Kier molecular flexibility index (Phi) is 5.42. The second-order valence-electron chi connectivity index (χ2n) is 7.54. The third-order valence-electron chi connectivity index (χ3n) is 5.43. The molecule has 0 amide bonds. The number of phenols is 1. The van der Waals surface area contributed by atoms with Gasteiger partial charge in [-0.25, -0.2) is 0 Å². The van der Waals surface area contributed by atoms with Gasteiger partial charge in [0.1, 0.15) is 17.2 Å². The minimum atomic E-state index is 0.217. The van der Waals surface area contributed by atoms with Crippen molar-refractivity contribution < 1.29 is 9.84 Å². The summed E-state index contributed by atoms with van der Waals surface area (Å²) in [5.41, 5.74) is 5.34. The van der Waals surface area contributed by atoms with Gasteiger partial charge in [-0.3, -0.25) is 0 Å². The smallest absolute Gasteiger partial charge is 0.143 e. The van der Waals surface area contributed by atoms with E-state index in [1.807, 2.05) is 127 Å². The number of ether oxygens (including phenoxy) is 1. The summed E-state index contributed by atoms with van der Waals surface area (Å²) >= 11 is 0. The van der Waals surface area contributed by atoms with Crippen LogP contribution in [0, 0.1) is 0 Å². The molecule has 5 rings (SSSR count). The van der Waals surface area contributed by atoms with Crippen LogP contribution >= 0.6 is 0 Å². The Balaban J connectivity index is 1.87. The van der Waals surface area contributed by atoms with Gasteiger partial charge in [0.2, 0.25) is 0 Å². The Labute approximate surface area is 188 Å². The van der Waals surface area contributed by atoms with E-state index >= 15 is 0 Å². The van der Waals surface area contributed by atoms with Crippen LogP contribution in [0.5, 0.6) is 17.2 Å². The number of hydrogen-bond donors (Lipinski definition) is 1. The van der Waals surface area contributed by atoms with E-state index in [1.165, 1.54) is 0 Å². The molecule has 0 aliphatic carbocycles. The lowest BCUT2D eigenvalue weighted by Crippen LogP contribution is -1.96. The van der Waals surface area contributed by atoms with Crippen molar-refractivity contribution in [3.63, 3.8) is 0 Å². The maximum Gasteiger partial charge on any atom is 0.143 e. The standard InChI is InChI=1S/C30H22O2/c31-27-21-26(22-13-5-1-6-14-22)30(32-25-19-11-4-12-20-25)29(24-17-9-3-10-18-24)28(27)23-15-7-2-8-16-23/h1-21,31H. The Bertz CT molecular complexity index is 1310. The van der Waals surface area contributed by atoms with Gasteiger partial charge >= 0.3 is 0 Å². The summed E-state index contributed by atoms with van der Waals surface area (Å²) in [6.45, 7) is 0. The van der Waals surface area contributed by atoms with Gasteiger partial charge in [-0.1, -0.05) is 109 Å². The molecule has 0 aromatic heterocycles. The van der Waals surface area contributed by atoms with E-state index in [9.17, 15) is 5.11 Å². The minimum Gasteiger partial charge on any atom is -0.507 e.